The lowest BCUT2D eigenvalue weighted by molar-refractivity contribution is 0.0696. The van der Waals surface area contributed by atoms with Gasteiger partial charge in [-0.05, 0) is 120 Å². The van der Waals surface area contributed by atoms with Crippen LogP contribution in [0.1, 0.15) is 77.6 Å². The number of aromatic carboxylic acids is 1. The van der Waals surface area contributed by atoms with Crippen LogP contribution in [0.2, 0.25) is 0 Å². The summed E-state index contributed by atoms with van der Waals surface area (Å²) in [5, 5.41) is 9.60. The Morgan fingerprint density at radius 3 is 2.62 bits per heavy atom. The number of hydrogen-bond acceptors (Lipinski definition) is 2. The first-order chi connectivity index (χ1) is 18.1. The summed E-state index contributed by atoms with van der Waals surface area (Å²) in [5.41, 5.74) is 9.74. The second kappa shape index (κ2) is 10.6. The zero-order chi connectivity index (χ0) is 25.4. The number of likely N-dealkylation sites (tertiary alicyclic amines) is 1. The van der Waals surface area contributed by atoms with Crippen molar-refractivity contribution in [3.8, 4) is 0 Å². The molecule has 1 saturated carbocycles. The van der Waals surface area contributed by atoms with E-state index in [1.165, 1.54) is 53.5 Å². The molecule has 2 aromatic rings. The van der Waals surface area contributed by atoms with Crippen LogP contribution in [-0.4, -0.2) is 42.3 Å². The topological polar surface area (TPSA) is 40.5 Å². The van der Waals surface area contributed by atoms with E-state index < -0.39 is 5.97 Å². The van der Waals surface area contributed by atoms with Gasteiger partial charge in [-0.3, -0.25) is 4.39 Å². The van der Waals surface area contributed by atoms with Gasteiger partial charge < -0.3 is 10.0 Å². The molecule has 37 heavy (non-hydrogen) atoms. The third kappa shape index (κ3) is 5.05. The van der Waals surface area contributed by atoms with Crippen LogP contribution in [0.15, 0.2) is 59.7 Å². The van der Waals surface area contributed by atoms with Crippen LogP contribution in [-0.2, 0) is 12.8 Å². The van der Waals surface area contributed by atoms with E-state index in [2.05, 4.69) is 41.3 Å². The normalized spacial score (nSPS) is 23.9. The van der Waals surface area contributed by atoms with Crippen molar-refractivity contribution in [1.29, 1.82) is 0 Å². The van der Waals surface area contributed by atoms with Crippen LogP contribution in [0, 0.1) is 17.8 Å². The number of rotatable bonds is 8. The summed E-state index contributed by atoms with van der Waals surface area (Å²) in [7, 11) is 0. The van der Waals surface area contributed by atoms with E-state index >= 15 is 0 Å². The third-order valence-electron chi connectivity index (χ3n) is 9.21. The highest BCUT2D eigenvalue weighted by Gasteiger charge is 2.34. The summed E-state index contributed by atoms with van der Waals surface area (Å²) in [6.07, 6.45) is 12.6. The van der Waals surface area contributed by atoms with Crippen LogP contribution in [0.25, 0.3) is 5.57 Å². The molecular formula is C33H38FNO2. The van der Waals surface area contributed by atoms with Crippen LogP contribution in [0.3, 0.4) is 0 Å². The van der Waals surface area contributed by atoms with Crippen molar-refractivity contribution in [1.82, 2.24) is 4.90 Å². The second-order valence-electron chi connectivity index (χ2n) is 11.7. The number of alkyl halides is 1. The first-order valence-electron chi connectivity index (χ1n) is 14.3. The summed E-state index contributed by atoms with van der Waals surface area (Å²) in [6.45, 7) is 2.81. The smallest absolute Gasteiger partial charge is 0.335 e. The maximum atomic E-state index is 12.4. The van der Waals surface area contributed by atoms with Crippen molar-refractivity contribution < 1.29 is 14.3 Å². The fraction of sp³-hybridized carbons (Fsp3) is 0.485. The van der Waals surface area contributed by atoms with Gasteiger partial charge in [0.25, 0.3) is 0 Å². The molecule has 0 unspecified atom stereocenters. The number of hydrogen-bond donors (Lipinski definition) is 1. The predicted octanol–water partition coefficient (Wildman–Crippen LogP) is 7.10. The maximum absolute atomic E-state index is 12.4. The third-order valence-corrected chi connectivity index (χ3v) is 9.21. The fourth-order valence-corrected chi connectivity index (χ4v) is 7.36. The lowest BCUT2D eigenvalue weighted by Crippen LogP contribution is -2.47. The van der Waals surface area contributed by atoms with Crippen LogP contribution >= 0.6 is 0 Å². The second-order valence-corrected chi connectivity index (χ2v) is 11.7. The Balaban J connectivity index is 1.31. The molecule has 2 atom stereocenters. The van der Waals surface area contributed by atoms with Crippen molar-refractivity contribution >= 4 is 11.5 Å². The van der Waals surface area contributed by atoms with Gasteiger partial charge in [0.1, 0.15) is 0 Å². The summed E-state index contributed by atoms with van der Waals surface area (Å²) in [5.74, 6) is 1.37. The Hall–Kier alpha value is -2.72. The monoisotopic (exact) mass is 499 g/mol. The highest BCUT2D eigenvalue weighted by Crippen LogP contribution is 2.48. The number of carboxylic acid groups (broad SMARTS) is 1. The summed E-state index contributed by atoms with van der Waals surface area (Å²) in [6, 6.07) is 14.9. The molecule has 2 aromatic carbocycles. The quantitative estimate of drug-likeness (QED) is 0.421. The van der Waals surface area contributed by atoms with E-state index in [0.29, 0.717) is 17.9 Å². The highest BCUT2D eigenvalue weighted by molar-refractivity contribution is 5.91. The maximum Gasteiger partial charge on any atom is 0.335 e. The summed E-state index contributed by atoms with van der Waals surface area (Å²) >= 11 is 0. The Labute approximate surface area is 220 Å². The van der Waals surface area contributed by atoms with Crippen LogP contribution < -0.4 is 0 Å². The zero-order valence-corrected chi connectivity index (χ0v) is 21.7. The van der Waals surface area contributed by atoms with E-state index in [1.807, 2.05) is 6.07 Å². The molecule has 0 spiro atoms. The minimum absolute atomic E-state index is 0.223. The SMILES string of the molecule is O=C(O)c1ccc2c(c1)CCCC(C1=C[C@H]3CCC[C@H]3C1)=C2c1ccc(CC2CN(CCCF)C2)cc1. The Morgan fingerprint density at radius 1 is 1.03 bits per heavy atom. The molecule has 3 aliphatic carbocycles. The van der Waals surface area contributed by atoms with Gasteiger partial charge in [0, 0.05) is 19.6 Å². The minimum atomic E-state index is -0.854. The van der Waals surface area contributed by atoms with Crippen molar-refractivity contribution in [3.05, 3.63) is 87.5 Å². The molecule has 0 radical (unpaired) electrons. The number of benzene rings is 2. The first-order valence-corrected chi connectivity index (χ1v) is 14.3. The van der Waals surface area contributed by atoms with E-state index in [0.717, 1.165) is 62.7 Å². The molecule has 6 rings (SSSR count). The van der Waals surface area contributed by atoms with Gasteiger partial charge in [-0.25, -0.2) is 4.79 Å². The molecule has 4 aliphatic rings. The molecule has 3 nitrogen and oxygen atoms in total. The van der Waals surface area contributed by atoms with Gasteiger partial charge in [-0.15, -0.1) is 0 Å². The lowest BCUT2D eigenvalue weighted by atomic mass is 9.85. The minimum Gasteiger partial charge on any atom is -0.478 e. The van der Waals surface area contributed by atoms with Crippen molar-refractivity contribution in [3.63, 3.8) is 0 Å². The van der Waals surface area contributed by atoms with Crippen molar-refractivity contribution in [2.45, 2.75) is 57.8 Å². The largest absolute Gasteiger partial charge is 0.478 e. The van der Waals surface area contributed by atoms with Crippen LogP contribution in [0.4, 0.5) is 4.39 Å². The molecule has 1 heterocycles. The number of nitrogens with zero attached hydrogens (tertiary/aromatic N) is 1. The van der Waals surface area contributed by atoms with Crippen molar-refractivity contribution in [2.75, 3.05) is 26.3 Å². The average Bonchev–Trinajstić information content (AvgIpc) is 3.43. The zero-order valence-electron chi connectivity index (χ0n) is 21.7. The molecule has 1 aliphatic heterocycles. The molecule has 0 bridgehead atoms. The lowest BCUT2D eigenvalue weighted by Gasteiger charge is -2.39. The van der Waals surface area contributed by atoms with E-state index in [-0.39, 0.29) is 6.67 Å². The summed E-state index contributed by atoms with van der Waals surface area (Å²) in [4.78, 5) is 14.1. The van der Waals surface area contributed by atoms with Gasteiger partial charge in [-0.1, -0.05) is 42.8 Å². The number of carbonyl (C=O) groups is 1. The van der Waals surface area contributed by atoms with Gasteiger partial charge in [0.15, 0.2) is 0 Å². The number of allylic oxidation sites excluding steroid dienone is 3. The van der Waals surface area contributed by atoms with E-state index in [1.54, 1.807) is 11.6 Å². The molecule has 194 valence electrons. The summed E-state index contributed by atoms with van der Waals surface area (Å²) < 4.78 is 12.4. The Morgan fingerprint density at radius 2 is 1.86 bits per heavy atom. The number of carboxylic acids is 1. The molecule has 0 aromatic heterocycles. The number of aryl methyl sites for hydroxylation is 1. The van der Waals surface area contributed by atoms with E-state index in [9.17, 15) is 14.3 Å². The standard InChI is InChI=1S/C33H38FNO2/c34-14-3-15-35-20-23(21-35)16-22-8-10-24(11-9-22)32-30(29-17-25-4-1-5-26(25)18-29)7-2-6-27-19-28(33(36)37)12-13-31(27)32/h8-13,17,19,23,25-26H,1-7,14-16,18,20-21H2,(H,36,37)/t25-,26+/m1/s1. The fourth-order valence-electron chi connectivity index (χ4n) is 7.36. The molecule has 0 amide bonds. The predicted molar refractivity (Wildman–Crippen MR) is 147 cm³/mol. The Bertz CT molecular complexity index is 1220. The van der Waals surface area contributed by atoms with Gasteiger partial charge in [0.2, 0.25) is 0 Å². The average molecular weight is 500 g/mol. The highest BCUT2D eigenvalue weighted by atomic mass is 19.1. The van der Waals surface area contributed by atoms with E-state index in [4.69, 9.17) is 0 Å². The molecule has 1 saturated heterocycles. The van der Waals surface area contributed by atoms with Gasteiger partial charge >= 0.3 is 5.97 Å². The van der Waals surface area contributed by atoms with Crippen molar-refractivity contribution in [2.24, 2.45) is 17.8 Å². The molecular weight excluding hydrogens is 461 g/mol. The van der Waals surface area contributed by atoms with Gasteiger partial charge in [-0.2, -0.15) is 0 Å². The number of halogens is 1. The molecule has 2 fully saturated rings. The Kier molecular flexibility index (Phi) is 7.03. The van der Waals surface area contributed by atoms with Crippen LogP contribution in [0.5, 0.6) is 0 Å². The number of fused-ring (bicyclic) bond motifs is 2. The first kappa shape index (κ1) is 24.6. The van der Waals surface area contributed by atoms with Gasteiger partial charge in [0.05, 0.1) is 12.2 Å². The molecule has 4 heteroatoms. The molecule has 1 N–H and O–H groups in total.